The number of sulfonamides is 1. The fourth-order valence-electron chi connectivity index (χ4n) is 2.00. The minimum atomic E-state index is -3.37. The predicted molar refractivity (Wildman–Crippen MR) is 104 cm³/mol. The summed E-state index contributed by atoms with van der Waals surface area (Å²) in [5.41, 5.74) is 1.07. The van der Waals surface area contributed by atoms with E-state index < -0.39 is 10.0 Å². The van der Waals surface area contributed by atoms with Crippen molar-refractivity contribution in [3.63, 3.8) is 0 Å². The molecule has 0 aromatic carbocycles. The minimum absolute atomic E-state index is 0.344. The molecule has 2 N–H and O–H groups in total. The molecular weight excluding hydrogens is 378 g/mol. The third-order valence-electron chi connectivity index (χ3n) is 3.37. The van der Waals surface area contributed by atoms with Crippen LogP contribution in [0.4, 0.5) is 0 Å². The number of rotatable bonds is 7. The van der Waals surface area contributed by atoms with Crippen molar-refractivity contribution in [3.05, 3.63) is 33.1 Å². The van der Waals surface area contributed by atoms with Crippen LogP contribution in [-0.4, -0.2) is 51.4 Å². The molecule has 0 saturated heterocycles. The SMILES string of the molecule is CN=C(NCCc1csc(C)n1)NCc1ccc(S(=O)(=O)N(C)C)s1. The summed E-state index contributed by atoms with van der Waals surface area (Å²) in [5.74, 6) is 0.678. The number of aliphatic imine (C=N–C) groups is 1. The molecule has 0 saturated carbocycles. The standard InChI is InChI=1S/C15H23N5O2S3/c1-11-19-12(10-23-11)7-8-17-15(16-2)18-9-13-5-6-14(24-13)25(21,22)20(3)4/h5-6,10H,7-9H2,1-4H3,(H2,16,17,18). The highest BCUT2D eigenvalue weighted by atomic mass is 32.2. The molecule has 2 rings (SSSR count). The van der Waals surface area contributed by atoms with Gasteiger partial charge in [0, 0.05) is 44.4 Å². The van der Waals surface area contributed by atoms with Crippen LogP contribution in [0.25, 0.3) is 0 Å². The third kappa shape index (κ3) is 5.50. The highest BCUT2D eigenvalue weighted by molar-refractivity contribution is 7.91. The van der Waals surface area contributed by atoms with Crippen LogP contribution in [0.2, 0.25) is 0 Å². The van der Waals surface area contributed by atoms with E-state index in [1.807, 2.05) is 13.0 Å². The van der Waals surface area contributed by atoms with Crippen molar-refractivity contribution in [2.75, 3.05) is 27.7 Å². The number of nitrogens with zero attached hydrogens (tertiary/aromatic N) is 3. The zero-order valence-electron chi connectivity index (χ0n) is 14.7. The van der Waals surface area contributed by atoms with E-state index in [1.54, 1.807) is 24.5 Å². The summed E-state index contributed by atoms with van der Waals surface area (Å²) in [6.07, 6.45) is 0.829. The van der Waals surface area contributed by atoms with Gasteiger partial charge in [-0.3, -0.25) is 4.99 Å². The first-order valence-electron chi connectivity index (χ1n) is 7.69. The van der Waals surface area contributed by atoms with Gasteiger partial charge in [-0.1, -0.05) is 0 Å². The molecule has 0 unspecified atom stereocenters. The lowest BCUT2D eigenvalue weighted by molar-refractivity contribution is 0.523. The van der Waals surface area contributed by atoms with E-state index in [0.29, 0.717) is 16.7 Å². The van der Waals surface area contributed by atoms with Gasteiger partial charge in [0.1, 0.15) is 4.21 Å². The second-order valence-corrected chi connectivity index (χ2v) is 10.1. The minimum Gasteiger partial charge on any atom is -0.356 e. The van der Waals surface area contributed by atoms with Crippen LogP contribution >= 0.6 is 22.7 Å². The molecule has 0 bridgehead atoms. The quantitative estimate of drug-likeness (QED) is 0.544. The van der Waals surface area contributed by atoms with Crippen LogP contribution in [0.5, 0.6) is 0 Å². The summed E-state index contributed by atoms with van der Waals surface area (Å²) in [5, 5.41) is 9.56. The van der Waals surface area contributed by atoms with Gasteiger partial charge in [0.25, 0.3) is 10.0 Å². The highest BCUT2D eigenvalue weighted by Crippen LogP contribution is 2.23. The van der Waals surface area contributed by atoms with E-state index >= 15 is 0 Å². The molecule has 10 heteroatoms. The molecule has 2 aromatic heterocycles. The summed E-state index contributed by atoms with van der Waals surface area (Å²) < 4.78 is 25.7. The Labute approximate surface area is 156 Å². The largest absolute Gasteiger partial charge is 0.356 e. The van der Waals surface area contributed by atoms with E-state index in [9.17, 15) is 8.42 Å². The van der Waals surface area contributed by atoms with E-state index in [-0.39, 0.29) is 0 Å². The van der Waals surface area contributed by atoms with E-state index in [4.69, 9.17) is 0 Å². The molecule has 0 amide bonds. The van der Waals surface area contributed by atoms with Crippen LogP contribution in [0.3, 0.4) is 0 Å². The smallest absolute Gasteiger partial charge is 0.252 e. The van der Waals surface area contributed by atoms with Gasteiger partial charge in [-0.25, -0.2) is 17.7 Å². The molecule has 0 fully saturated rings. The summed E-state index contributed by atoms with van der Waals surface area (Å²) in [6.45, 7) is 3.24. The first-order chi connectivity index (χ1) is 11.8. The lowest BCUT2D eigenvalue weighted by Crippen LogP contribution is -2.37. The molecule has 0 aliphatic rings. The molecule has 2 aromatic rings. The first-order valence-corrected chi connectivity index (χ1v) is 10.8. The number of thiophene rings is 1. The number of hydrogen-bond donors (Lipinski definition) is 2. The van der Waals surface area contributed by atoms with Crippen LogP contribution in [0.15, 0.2) is 26.7 Å². The van der Waals surface area contributed by atoms with Gasteiger partial charge >= 0.3 is 0 Å². The summed E-state index contributed by atoms with van der Waals surface area (Å²) in [4.78, 5) is 9.53. The Balaban J connectivity index is 1.84. The van der Waals surface area contributed by atoms with Crippen LogP contribution in [-0.2, 0) is 23.0 Å². The van der Waals surface area contributed by atoms with Crippen LogP contribution in [0, 0.1) is 6.92 Å². The van der Waals surface area contributed by atoms with Crippen molar-refractivity contribution in [3.8, 4) is 0 Å². The fourth-order valence-corrected chi connectivity index (χ4v) is 5.11. The van der Waals surface area contributed by atoms with Crippen LogP contribution < -0.4 is 10.6 Å². The van der Waals surface area contributed by atoms with Crippen molar-refractivity contribution < 1.29 is 8.42 Å². The second-order valence-electron chi connectivity index (χ2n) is 5.47. The number of aryl methyl sites for hydroxylation is 1. The monoisotopic (exact) mass is 401 g/mol. The Hall–Kier alpha value is -1.49. The number of thiazole rings is 1. The number of hydrogen-bond acceptors (Lipinski definition) is 6. The van der Waals surface area contributed by atoms with E-state index in [0.717, 1.165) is 28.5 Å². The number of guanidine groups is 1. The Morgan fingerprint density at radius 1 is 1.32 bits per heavy atom. The molecule has 0 aliphatic carbocycles. The Bertz CT molecular complexity index is 824. The Morgan fingerprint density at radius 2 is 2.08 bits per heavy atom. The molecule has 2 heterocycles. The molecule has 0 spiro atoms. The summed E-state index contributed by atoms with van der Waals surface area (Å²) in [7, 11) is 1.40. The van der Waals surface area contributed by atoms with E-state index in [2.05, 4.69) is 26.0 Å². The zero-order valence-corrected chi connectivity index (χ0v) is 17.2. The number of nitrogens with one attached hydrogen (secondary N) is 2. The summed E-state index contributed by atoms with van der Waals surface area (Å²) >= 11 is 2.91. The molecule has 0 atom stereocenters. The topological polar surface area (TPSA) is 86.7 Å². The van der Waals surface area contributed by atoms with Crippen molar-refractivity contribution in [2.45, 2.75) is 24.1 Å². The summed E-state index contributed by atoms with van der Waals surface area (Å²) in [6, 6.07) is 3.46. The lowest BCUT2D eigenvalue weighted by atomic mass is 10.3. The van der Waals surface area contributed by atoms with E-state index in [1.165, 1.54) is 29.7 Å². The van der Waals surface area contributed by atoms with Gasteiger partial charge in [-0.05, 0) is 19.1 Å². The Morgan fingerprint density at radius 3 is 2.68 bits per heavy atom. The first kappa shape index (κ1) is 19.8. The molecule has 25 heavy (non-hydrogen) atoms. The maximum Gasteiger partial charge on any atom is 0.252 e. The molecule has 7 nitrogen and oxygen atoms in total. The van der Waals surface area contributed by atoms with Gasteiger partial charge < -0.3 is 10.6 Å². The maximum atomic E-state index is 12.1. The average molecular weight is 402 g/mol. The lowest BCUT2D eigenvalue weighted by Gasteiger charge is -2.11. The Kier molecular flexibility index (Phi) is 6.94. The van der Waals surface area contributed by atoms with Crippen molar-refractivity contribution in [1.29, 1.82) is 0 Å². The normalized spacial score (nSPS) is 12.6. The van der Waals surface area contributed by atoms with Gasteiger partial charge in [-0.15, -0.1) is 22.7 Å². The fraction of sp³-hybridized carbons (Fsp3) is 0.467. The molecule has 0 aliphatic heterocycles. The molecule has 0 radical (unpaired) electrons. The maximum absolute atomic E-state index is 12.1. The van der Waals surface area contributed by atoms with Crippen LogP contribution in [0.1, 0.15) is 15.6 Å². The van der Waals surface area contributed by atoms with Crippen molar-refractivity contribution in [2.24, 2.45) is 4.99 Å². The third-order valence-corrected chi connectivity index (χ3v) is 7.56. The molecular formula is C15H23N5O2S3. The number of aromatic nitrogens is 1. The van der Waals surface area contributed by atoms with Gasteiger partial charge in [0.15, 0.2) is 5.96 Å². The van der Waals surface area contributed by atoms with Gasteiger partial charge in [-0.2, -0.15) is 0 Å². The highest BCUT2D eigenvalue weighted by Gasteiger charge is 2.19. The molecule has 138 valence electrons. The van der Waals surface area contributed by atoms with Gasteiger partial charge in [0.2, 0.25) is 0 Å². The second kappa shape index (κ2) is 8.75. The zero-order chi connectivity index (χ0) is 18.4. The van der Waals surface area contributed by atoms with Crippen molar-refractivity contribution in [1.82, 2.24) is 19.9 Å². The average Bonchev–Trinajstić information content (AvgIpc) is 3.20. The predicted octanol–water partition coefficient (Wildman–Crippen LogP) is 1.67. The van der Waals surface area contributed by atoms with Gasteiger partial charge in [0.05, 0.1) is 17.2 Å². The van der Waals surface area contributed by atoms with Crippen molar-refractivity contribution >= 4 is 38.7 Å².